The summed E-state index contributed by atoms with van der Waals surface area (Å²) >= 11 is 2.66. The van der Waals surface area contributed by atoms with Crippen LogP contribution in [0.3, 0.4) is 0 Å². The minimum absolute atomic E-state index is 0.202. The summed E-state index contributed by atoms with van der Waals surface area (Å²) in [5.74, 6) is 0.179. The molecule has 5 aromatic rings. The first-order valence-corrected chi connectivity index (χ1v) is 11.2. The van der Waals surface area contributed by atoms with E-state index in [2.05, 4.69) is 19.9 Å². The van der Waals surface area contributed by atoms with Crippen molar-refractivity contribution in [3.63, 3.8) is 0 Å². The van der Waals surface area contributed by atoms with E-state index < -0.39 is 0 Å². The molecule has 0 amide bonds. The van der Waals surface area contributed by atoms with Crippen molar-refractivity contribution in [2.75, 3.05) is 0 Å². The predicted molar refractivity (Wildman–Crippen MR) is 122 cm³/mol. The molecule has 0 bridgehead atoms. The van der Waals surface area contributed by atoms with Crippen molar-refractivity contribution >= 4 is 44.2 Å². The van der Waals surface area contributed by atoms with Gasteiger partial charge in [-0.3, -0.25) is 9.59 Å². The summed E-state index contributed by atoms with van der Waals surface area (Å²) in [6, 6.07) is 13.2. The summed E-state index contributed by atoms with van der Waals surface area (Å²) in [6.45, 7) is 1.89. The van der Waals surface area contributed by atoms with Gasteiger partial charge in [-0.2, -0.15) is 0 Å². The lowest BCUT2D eigenvalue weighted by Gasteiger charge is -2.10. The molecule has 1 atom stereocenters. The minimum Gasteiger partial charge on any atom is -0.309 e. The van der Waals surface area contributed by atoms with Crippen molar-refractivity contribution in [2.24, 2.45) is 0 Å². The smallest absolute Gasteiger partial charge is 0.260 e. The quantitative estimate of drug-likeness (QED) is 0.301. The van der Waals surface area contributed by atoms with E-state index >= 15 is 0 Å². The van der Waals surface area contributed by atoms with E-state index in [1.54, 1.807) is 30.3 Å². The van der Waals surface area contributed by atoms with Crippen molar-refractivity contribution in [2.45, 2.75) is 17.3 Å². The summed E-state index contributed by atoms with van der Waals surface area (Å²) < 4.78 is 13.2. The van der Waals surface area contributed by atoms with Crippen molar-refractivity contribution in [1.82, 2.24) is 19.9 Å². The second kappa shape index (κ2) is 7.75. The lowest BCUT2D eigenvalue weighted by molar-refractivity contribution is 0.628. The van der Waals surface area contributed by atoms with Crippen LogP contribution in [0.4, 0.5) is 4.39 Å². The molecule has 5 rings (SSSR count). The maximum Gasteiger partial charge on any atom is 0.260 e. The van der Waals surface area contributed by atoms with Gasteiger partial charge in [-0.1, -0.05) is 36.0 Å². The predicted octanol–water partition coefficient (Wildman–Crippen LogP) is 4.88. The maximum atomic E-state index is 13.2. The van der Waals surface area contributed by atoms with E-state index in [1.807, 2.05) is 18.4 Å². The van der Waals surface area contributed by atoms with Crippen molar-refractivity contribution in [1.29, 1.82) is 0 Å². The standard InChI is InChI=1S/C22H15FN4O2S2/c1-11(18-24-16-5-3-2-4-14(16)19(28)25-18)31-22-26-20(29)17-15(10-30-21(17)27-22)12-6-8-13(23)9-7-12/h2-11H,1H3,(H,24,25,28)(H,26,27,29). The van der Waals surface area contributed by atoms with Crippen LogP contribution in [0, 0.1) is 5.82 Å². The number of thioether (sulfide) groups is 1. The van der Waals surface area contributed by atoms with Gasteiger partial charge in [-0.05, 0) is 36.8 Å². The molecule has 6 nitrogen and oxygen atoms in total. The highest BCUT2D eigenvalue weighted by atomic mass is 32.2. The average molecular weight is 451 g/mol. The lowest BCUT2D eigenvalue weighted by atomic mass is 10.1. The summed E-state index contributed by atoms with van der Waals surface area (Å²) in [5, 5.41) is 3.05. The van der Waals surface area contributed by atoms with Crippen molar-refractivity contribution < 1.29 is 4.39 Å². The second-order valence-corrected chi connectivity index (χ2v) is 9.12. The number of benzene rings is 2. The number of para-hydroxylation sites is 1. The highest BCUT2D eigenvalue weighted by Crippen LogP contribution is 2.34. The lowest BCUT2D eigenvalue weighted by Crippen LogP contribution is -2.13. The summed E-state index contributed by atoms with van der Waals surface area (Å²) in [4.78, 5) is 40.5. The number of halogens is 1. The fourth-order valence-electron chi connectivity index (χ4n) is 3.35. The van der Waals surface area contributed by atoms with Gasteiger partial charge in [0.25, 0.3) is 11.1 Å². The van der Waals surface area contributed by atoms with E-state index in [0.717, 1.165) is 11.1 Å². The first kappa shape index (κ1) is 19.7. The summed E-state index contributed by atoms with van der Waals surface area (Å²) in [5.41, 5.74) is 1.63. The SMILES string of the molecule is CC(Sc1nc2scc(-c3ccc(F)cc3)c2c(=O)[nH]1)c1nc2ccccc2c(=O)[nH]1. The third-order valence-electron chi connectivity index (χ3n) is 4.88. The Balaban J connectivity index is 1.49. The Hall–Kier alpha value is -3.30. The van der Waals surface area contributed by atoms with Crippen LogP contribution < -0.4 is 11.1 Å². The number of fused-ring (bicyclic) bond motifs is 2. The fraction of sp³-hybridized carbons (Fsp3) is 0.0909. The molecule has 0 aliphatic carbocycles. The molecule has 0 fully saturated rings. The number of hydrogen-bond acceptors (Lipinski definition) is 6. The molecule has 0 aliphatic heterocycles. The van der Waals surface area contributed by atoms with Gasteiger partial charge in [0.05, 0.1) is 21.5 Å². The topological polar surface area (TPSA) is 91.5 Å². The second-order valence-electron chi connectivity index (χ2n) is 6.94. The van der Waals surface area contributed by atoms with Crippen molar-refractivity contribution in [3.05, 3.63) is 86.3 Å². The molecule has 154 valence electrons. The Bertz CT molecular complexity index is 1540. The number of nitrogens with one attached hydrogen (secondary N) is 2. The number of aromatic amines is 2. The average Bonchev–Trinajstić information content (AvgIpc) is 3.19. The van der Waals surface area contributed by atoms with Crippen LogP contribution in [0.15, 0.2) is 68.7 Å². The van der Waals surface area contributed by atoms with Gasteiger partial charge in [-0.15, -0.1) is 11.3 Å². The largest absolute Gasteiger partial charge is 0.309 e. The fourth-order valence-corrected chi connectivity index (χ4v) is 5.21. The zero-order chi connectivity index (χ0) is 21.5. The highest BCUT2D eigenvalue weighted by molar-refractivity contribution is 7.99. The number of H-pyrrole nitrogens is 2. The number of nitrogens with zero attached hydrogens (tertiary/aromatic N) is 2. The molecule has 0 saturated heterocycles. The zero-order valence-electron chi connectivity index (χ0n) is 16.2. The van der Waals surface area contributed by atoms with Gasteiger partial charge >= 0.3 is 0 Å². The molecular weight excluding hydrogens is 435 g/mol. The van der Waals surface area contributed by atoms with Gasteiger partial charge in [0, 0.05) is 10.9 Å². The third-order valence-corrected chi connectivity index (χ3v) is 6.75. The zero-order valence-corrected chi connectivity index (χ0v) is 17.8. The molecule has 0 radical (unpaired) electrons. The van der Waals surface area contributed by atoms with Crippen LogP contribution in [0.2, 0.25) is 0 Å². The van der Waals surface area contributed by atoms with E-state index in [1.165, 1.54) is 35.2 Å². The van der Waals surface area contributed by atoms with Crippen LogP contribution in [0.5, 0.6) is 0 Å². The summed E-state index contributed by atoms with van der Waals surface area (Å²) in [7, 11) is 0. The molecule has 31 heavy (non-hydrogen) atoms. The Morgan fingerprint density at radius 3 is 2.58 bits per heavy atom. The number of aromatic nitrogens is 4. The molecule has 3 heterocycles. The van der Waals surface area contributed by atoms with E-state index in [4.69, 9.17) is 0 Å². The van der Waals surface area contributed by atoms with Crippen LogP contribution >= 0.6 is 23.1 Å². The van der Waals surface area contributed by atoms with Crippen molar-refractivity contribution in [3.8, 4) is 11.1 Å². The monoisotopic (exact) mass is 450 g/mol. The first-order valence-electron chi connectivity index (χ1n) is 9.42. The number of rotatable bonds is 4. The van der Waals surface area contributed by atoms with Gasteiger partial charge in [0.1, 0.15) is 16.5 Å². The Morgan fingerprint density at radius 2 is 1.77 bits per heavy atom. The maximum absolute atomic E-state index is 13.2. The highest BCUT2D eigenvalue weighted by Gasteiger charge is 2.17. The normalized spacial score (nSPS) is 12.5. The molecule has 0 saturated carbocycles. The molecule has 3 aromatic heterocycles. The minimum atomic E-state index is -0.330. The number of hydrogen-bond donors (Lipinski definition) is 2. The van der Waals surface area contributed by atoms with Gasteiger partial charge in [0.2, 0.25) is 0 Å². The van der Waals surface area contributed by atoms with E-state index in [9.17, 15) is 14.0 Å². The molecule has 9 heteroatoms. The van der Waals surface area contributed by atoms with Crippen LogP contribution in [0.25, 0.3) is 32.2 Å². The number of thiophene rings is 1. The third kappa shape index (κ3) is 3.66. The first-order chi connectivity index (χ1) is 15.0. The Morgan fingerprint density at radius 1 is 1.00 bits per heavy atom. The van der Waals surface area contributed by atoms with Gasteiger partial charge < -0.3 is 9.97 Å². The van der Waals surface area contributed by atoms with Crippen LogP contribution in [-0.2, 0) is 0 Å². The molecule has 2 aromatic carbocycles. The molecule has 0 aliphatic rings. The van der Waals surface area contributed by atoms with E-state index in [0.29, 0.717) is 32.1 Å². The summed E-state index contributed by atoms with van der Waals surface area (Å²) in [6.07, 6.45) is 0. The Kier molecular flexibility index (Phi) is 4.91. The van der Waals surface area contributed by atoms with E-state index in [-0.39, 0.29) is 22.2 Å². The molecule has 2 N–H and O–H groups in total. The van der Waals surface area contributed by atoms with Crippen LogP contribution in [0.1, 0.15) is 18.0 Å². The molecule has 0 spiro atoms. The van der Waals surface area contributed by atoms with Gasteiger partial charge in [-0.25, -0.2) is 14.4 Å². The molecule has 1 unspecified atom stereocenters. The van der Waals surface area contributed by atoms with Crippen LogP contribution in [-0.4, -0.2) is 19.9 Å². The Labute approximate surface area is 183 Å². The van der Waals surface area contributed by atoms with Gasteiger partial charge in [0.15, 0.2) is 5.16 Å². The molecular formula is C22H15FN4O2S2.